The first-order chi connectivity index (χ1) is 15.3. The van der Waals surface area contributed by atoms with Gasteiger partial charge in [-0.2, -0.15) is 0 Å². The molecule has 2 heterocycles. The molecule has 2 aliphatic rings. The van der Waals surface area contributed by atoms with Gasteiger partial charge in [0.1, 0.15) is 11.8 Å². The zero-order chi connectivity index (χ0) is 23.2. The Kier molecular flexibility index (Phi) is 6.35. The normalized spacial score (nSPS) is 24.8. The van der Waals surface area contributed by atoms with Crippen LogP contribution in [0.1, 0.15) is 40.8 Å². The maximum Gasteiger partial charge on any atom is 0.242 e. The van der Waals surface area contributed by atoms with Gasteiger partial charge in [0.25, 0.3) is 0 Å². The van der Waals surface area contributed by atoms with Crippen LogP contribution in [0.25, 0.3) is 0 Å². The molecule has 2 fully saturated rings. The summed E-state index contributed by atoms with van der Waals surface area (Å²) in [5.41, 5.74) is 9.69. The van der Waals surface area contributed by atoms with Gasteiger partial charge in [-0.3, -0.25) is 4.79 Å². The van der Waals surface area contributed by atoms with E-state index in [4.69, 9.17) is 4.74 Å². The number of phenols is 2. The van der Waals surface area contributed by atoms with Crippen LogP contribution in [0.2, 0.25) is 0 Å². The Balaban J connectivity index is 1.84. The second kappa shape index (κ2) is 8.90. The zero-order valence-corrected chi connectivity index (χ0v) is 19.8. The van der Waals surface area contributed by atoms with Crippen LogP contribution in [-0.2, 0) is 4.79 Å². The fraction of sp³-hybridized carbons (Fsp3) is 0.435. The van der Waals surface area contributed by atoms with Crippen molar-refractivity contribution in [3.8, 4) is 17.2 Å². The van der Waals surface area contributed by atoms with Crippen molar-refractivity contribution in [3.63, 3.8) is 0 Å². The maximum atomic E-state index is 13.4. The monoisotopic (exact) mass is 505 g/mol. The molecule has 0 bridgehead atoms. The molecule has 1 amide bonds. The highest BCUT2D eigenvalue weighted by Crippen LogP contribution is 2.50. The van der Waals surface area contributed by atoms with Crippen molar-refractivity contribution < 1.29 is 24.9 Å². The Morgan fingerprint density at radius 1 is 1.09 bits per heavy atom. The highest BCUT2D eigenvalue weighted by molar-refractivity contribution is 9.10. The number of aromatic hydroxyl groups is 2. The summed E-state index contributed by atoms with van der Waals surface area (Å²) in [6.45, 7) is 4.20. The number of amides is 1. The number of hydrazine groups is 1. The molecular formula is C23H28BrN3O5. The Labute approximate surface area is 195 Å². The van der Waals surface area contributed by atoms with Crippen LogP contribution in [0.15, 0.2) is 28.7 Å². The third kappa shape index (κ3) is 3.73. The minimum Gasteiger partial charge on any atom is -0.507 e. The van der Waals surface area contributed by atoms with E-state index in [9.17, 15) is 20.1 Å². The molecule has 0 aromatic heterocycles. The van der Waals surface area contributed by atoms with E-state index in [0.29, 0.717) is 23.2 Å². The first-order valence-electron chi connectivity index (χ1n) is 10.6. The second-order valence-corrected chi connectivity index (χ2v) is 9.30. The number of fused-ring (bicyclic) bond motifs is 1. The lowest BCUT2D eigenvalue weighted by atomic mass is 9.82. The van der Waals surface area contributed by atoms with Crippen LogP contribution in [0.4, 0.5) is 0 Å². The van der Waals surface area contributed by atoms with Gasteiger partial charge in [-0.1, -0.05) is 17.7 Å². The summed E-state index contributed by atoms with van der Waals surface area (Å²) in [7, 11) is 1.48. The standard InChI is InChI=1S/C23H28BrN3O5/c1-11-7-12(2)21(29)14(8-11)18-17-19(26-25-18)23(31)27(5-4-6-28)20(17)13-9-15(24)22(30)16(10-13)32-3/h7-10,17-20,25-26,28-30H,4-6H2,1-3H3. The number of hydrogen-bond acceptors (Lipinski definition) is 7. The predicted octanol–water partition coefficient (Wildman–Crippen LogP) is 2.59. The SMILES string of the molecule is COc1cc(C2C3C(NNC3c3cc(C)cc(C)c3O)C(=O)N2CCCO)cc(Br)c1O. The molecule has 4 rings (SSSR count). The number of nitrogens with one attached hydrogen (secondary N) is 2. The molecule has 8 nitrogen and oxygen atoms in total. The second-order valence-electron chi connectivity index (χ2n) is 8.45. The van der Waals surface area contributed by atoms with Crippen molar-refractivity contribution in [2.45, 2.75) is 38.4 Å². The molecule has 2 aromatic rings. The van der Waals surface area contributed by atoms with Crippen LogP contribution < -0.4 is 15.6 Å². The number of halogens is 1. The maximum absolute atomic E-state index is 13.4. The van der Waals surface area contributed by atoms with Gasteiger partial charge >= 0.3 is 0 Å². The number of carbonyl (C=O) groups excluding carboxylic acids is 1. The number of aliphatic hydroxyl groups is 1. The van der Waals surface area contributed by atoms with Crippen molar-refractivity contribution >= 4 is 21.8 Å². The van der Waals surface area contributed by atoms with Crippen LogP contribution in [0.3, 0.4) is 0 Å². The zero-order valence-electron chi connectivity index (χ0n) is 18.2. The predicted molar refractivity (Wildman–Crippen MR) is 122 cm³/mol. The Morgan fingerprint density at radius 2 is 1.81 bits per heavy atom. The number of aryl methyl sites for hydroxylation is 2. The van der Waals surface area contributed by atoms with E-state index in [0.717, 1.165) is 22.3 Å². The van der Waals surface area contributed by atoms with Gasteiger partial charge in [-0.05, 0) is 59.5 Å². The van der Waals surface area contributed by atoms with Crippen LogP contribution in [0, 0.1) is 19.8 Å². The highest BCUT2D eigenvalue weighted by atomic mass is 79.9. The quantitative estimate of drug-likeness (QED) is 0.409. The van der Waals surface area contributed by atoms with Crippen LogP contribution in [-0.4, -0.2) is 52.4 Å². The summed E-state index contributed by atoms with van der Waals surface area (Å²) in [5, 5.41) is 30.5. The largest absolute Gasteiger partial charge is 0.507 e. The summed E-state index contributed by atoms with van der Waals surface area (Å²) in [6.07, 6.45) is 0.449. The minimum atomic E-state index is -0.498. The van der Waals surface area contributed by atoms with E-state index in [1.165, 1.54) is 7.11 Å². The molecule has 4 atom stereocenters. The Hall–Kier alpha value is -2.33. The van der Waals surface area contributed by atoms with Gasteiger partial charge in [-0.25, -0.2) is 10.9 Å². The molecule has 0 radical (unpaired) electrons. The molecule has 4 unspecified atom stereocenters. The van der Waals surface area contributed by atoms with E-state index in [1.54, 1.807) is 17.0 Å². The summed E-state index contributed by atoms with van der Waals surface area (Å²) in [4.78, 5) is 15.1. The van der Waals surface area contributed by atoms with Crippen molar-refractivity contribution in [1.82, 2.24) is 15.8 Å². The number of methoxy groups -OCH3 is 1. The fourth-order valence-electron chi connectivity index (χ4n) is 5.01. The number of benzene rings is 2. The van der Waals surface area contributed by atoms with Gasteiger partial charge in [0, 0.05) is 24.6 Å². The van der Waals surface area contributed by atoms with E-state index < -0.39 is 6.04 Å². The van der Waals surface area contributed by atoms with Gasteiger partial charge in [0.05, 0.1) is 23.7 Å². The average molecular weight is 506 g/mol. The number of hydrogen-bond donors (Lipinski definition) is 5. The van der Waals surface area contributed by atoms with E-state index in [-0.39, 0.29) is 42.0 Å². The molecular weight excluding hydrogens is 478 g/mol. The van der Waals surface area contributed by atoms with Crippen molar-refractivity contribution in [2.75, 3.05) is 20.3 Å². The number of nitrogens with zero attached hydrogens (tertiary/aromatic N) is 1. The first-order valence-corrected chi connectivity index (χ1v) is 11.4. The number of phenolic OH excluding ortho intramolecular Hbond substituents is 2. The van der Waals surface area contributed by atoms with Crippen LogP contribution in [0.5, 0.6) is 17.2 Å². The van der Waals surface area contributed by atoms with Gasteiger partial charge in [0.15, 0.2) is 11.5 Å². The van der Waals surface area contributed by atoms with Gasteiger partial charge in [0.2, 0.25) is 5.91 Å². The van der Waals surface area contributed by atoms with Crippen LogP contribution >= 0.6 is 15.9 Å². The van der Waals surface area contributed by atoms with E-state index in [1.807, 2.05) is 26.0 Å². The molecule has 2 aromatic carbocycles. The summed E-state index contributed by atoms with van der Waals surface area (Å²) < 4.78 is 5.82. The van der Waals surface area contributed by atoms with Gasteiger partial charge in [-0.15, -0.1) is 0 Å². The minimum absolute atomic E-state index is 0.00907. The number of likely N-dealkylation sites (tertiary alicyclic amines) is 1. The van der Waals surface area contributed by atoms with Crippen molar-refractivity contribution in [2.24, 2.45) is 5.92 Å². The fourth-order valence-corrected chi connectivity index (χ4v) is 5.47. The molecule has 172 valence electrons. The molecule has 2 aliphatic heterocycles. The molecule has 9 heteroatoms. The summed E-state index contributed by atoms with van der Waals surface area (Å²) in [6, 6.07) is 6.20. The Bertz CT molecular complexity index is 1050. The third-order valence-corrected chi connectivity index (χ3v) is 7.00. The highest BCUT2D eigenvalue weighted by Gasteiger charge is 2.55. The molecule has 0 saturated carbocycles. The number of ether oxygens (including phenoxy) is 1. The number of aliphatic hydroxyl groups excluding tert-OH is 1. The topological polar surface area (TPSA) is 114 Å². The third-order valence-electron chi connectivity index (χ3n) is 6.39. The van der Waals surface area contributed by atoms with E-state index in [2.05, 4.69) is 26.8 Å². The first kappa shape index (κ1) is 22.8. The lowest BCUT2D eigenvalue weighted by Gasteiger charge is -2.32. The molecule has 0 spiro atoms. The smallest absolute Gasteiger partial charge is 0.242 e. The summed E-state index contributed by atoms with van der Waals surface area (Å²) in [5.74, 6) is 0.187. The number of rotatable bonds is 6. The number of carbonyl (C=O) groups is 1. The summed E-state index contributed by atoms with van der Waals surface area (Å²) >= 11 is 3.39. The average Bonchev–Trinajstić information content (AvgIpc) is 3.30. The Morgan fingerprint density at radius 3 is 2.50 bits per heavy atom. The molecule has 5 N–H and O–H groups in total. The molecule has 0 aliphatic carbocycles. The molecule has 32 heavy (non-hydrogen) atoms. The van der Waals surface area contributed by atoms with E-state index >= 15 is 0 Å². The van der Waals surface area contributed by atoms with Crippen molar-refractivity contribution in [3.05, 3.63) is 51.0 Å². The lowest BCUT2D eigenvalue weighted by Crippen LogP contribution is -2.41. The van der Waals surface area contributed by atoms with Crippen molar-refractivity contribution in [1.29, 1.82) is 0 Å². The molecule has 2 saturated heterocycles. The van der Waals surface area contributed by atoms with Gasteiger partial charge < -0.3 is 25.0 Å². The lowest BCUT2D eigenvalue weighted by molar-refractivity contribution is -0.130.